The molecule has 4 rings (SSSR count). The van der Waals surface area contributed by atoms with E-state index in [0.29, 0.717) is 23.2 Å². The third kappa shape index (κ3) is 6.13. The summed E-state index contributed by atoms with van der Waals surface area (Å²) in [5, 5.41) is 16.8. The highest BCUT2D eigenvalue weighted by Gasteiger charge is 2.38. The molecule has 1 fully saturated rings. The molecule has 1 aliphatic rings. The molecule has 2 aromatic carbocycles. The van der Waals surface area contributed by atoms with E-state index in [4.69, 9.17) is 15.6 Å². The quantitative estimate of drug-likeness (QED) is 0.438. The van der Waals surface area contributed by atoms with Crippen molar-refractivity contribution in [1.29, 1.82) is 0 Å². The number of alkyl halides is 3. The first-order valence-electron chi connectivity index (χ1n) is 10.3. The van der Waals surface area contributed by atoms with Gasteiger partial charge >= 0.3 is 12.1 Å². The molecule has 0 spiro atoms. The summed E-state index contributed by atoms with van der Waals surface area (Å²) in [6.07, 6.45) is -2.64. The first-order chi connectivity index (χ1) is 16.8. The molecule has 2 heterocycles. The summed E-state index contributed by atoms with van der Waals surface area (Å²) in [5.74, 6) is -3.07. The number of carboxylic acids is 1. The van der Waals surface area contributed by atoms with Gasteiger partial charge in [-0.15, -0.1) is 0 Å². The second kappa shape index (κ2) is 10.6. The zero-order valence-electron chi connectivity index (χ0n) is 18.4. The molecule has 36 heavy (non-hydrogen) atoms. The molecule has 0 bridgehead atoms. The van der Waals surface area contributed by atoms with Gasteiger partial charge in [-0.2, -0.15) is 17.5 Å². The van der Waals surface area contributed by atoms with Crippen LogP contribution in [0, 0.1) is 5.82 Å². The molecule has 0 unspecified atom stereocenters. The van der Waals surface area contributed by atoms with Crippen LogP contribution in [0.4, 0.5) is 23.4 Å². The number of nitrogens with zero attached hydrogens (tertiary/aromatic N) is 3. The van der Waals surface area contributed by atoms with Gasteiger partial charge in [0.05, 0.1) is 29.1 Å². The van der Waals surface area contributed by atoms with Crippen molar-refractivity contribution in [1.82, 2.24) is 14.3 Å². The van der Waals surface area contributed by atoms with Crippen molar-refractivity contribution in [3.8, 4) is 22.4 Å². The van der Waals surface area contributed by atoms with Crippen molar-refractivity contribution in [2.24, 2.45) is 0 Å². The number of nitrogen functional groups attached to an aromatic ring is 1. The van der Waals surface area contributed by atoms with E-state index in [1.807, 2.05) is 0 Å². The fraction of sp³-hybridized carbons (Fsp3) is 0.227. The fourth-order valence-corrected chi connectivity index (χ4v) is 5.07. The summed E-state index contributed by atoms with van der Waals surface area (Å²) < 4.78 is 73.9. The van der Waals surface area contributed by atoms with Crippen LogP contribution in [0.3, 0.4) is 0 Å². The van der Waals surface area contributed by atoms with E-state index >= 15 is 0 Å². The molecule has 0 amide bonds. The number of aliphatic hydroxyl groups is 1. The molecule has 0 radical (unpaired) electrons. The number of β-amino-alcohol motifs (C(OH)–C–C–N with tert-alkyl or cyclic N) is 1. The second-order valence-electron chi connectivity index (χ2n) is 7.63. The molecule has 4 N–H and O–H groups in total. The molecular formula is C22H20F4N4O5S. The van der Waals surface area contributed by atoms with Gasteiger partial charge in [0.2, 0.25) is 10.0 Å². The standard InChI is InChI=1S/C20H19FN4O3S.C2HF3O2/c21-17-9-13(5-6-16(17)18-10-24-20(22)11-23-18)15-3-1-2-4-19(15)29(27,28)25-8-7-14(26)12-25;3-2(4,5)1(6)7/h1-6,9-11,14,26H,7-8,12H2,(H2,22,24);(H,6,7)/t14-;/m0./s1. The van der Waals surface area contributed by atoms with Gasteiger partial charge in [0.1, 0.15) is 11.6 Å². The Balaban J connectivity index is 0.000000454. The third-order valence-corrected chi connectivity index (χ3v) is 7.02. The predicted octanol–water partition coefficient (Wildman–Crippen LogP) is 2.92. The minimum absolute atomic E-state index is 0.0553. The summed E-state index contributed by atoms with van der Waals surface area (Å²) in [4.78, 5) is 17.0. The Kier molecular flexibility index (Phi) is 7.91. The summed E-state index contributed by atoms with van der Waals surface area (Å²) in [5.41, 5.74) is 6.90. The smallest absolute Gasteiger partial charge is 0.475 e. The Morgan fingerprint density at radius 3 is 2.28 bits per heavy atom. The molecule has 192 valence electrons. The Hall–Kier alpha value is -3.62. The lowest BCUT2D eigenvalue weighted by Gasteiger charge is -2.18. The van der Waals surface area contributed by atoms with Gasteiger partial charge in [-0.05, 0) is 30.2 Å². The van der Waals surface area contributed by atoms with E-state index in [2.05, 4.69) is 9.97 Å². The van der Waals surface area contributed by atoms with Gasteiger partial charge in [0, 0.05) is 24.2 Å². The van der Waals surface area contributed by atoms with Crippen LogP contribution in [0.15, 0.2) is 59.8 Å². The van der Waals surface area contributed by atoms with Crippen LogP contribution in [0.1, 0.15) is 6.42 Å². The van der Waals surface area contributed by atoms with Crippen molar-refractivity contribution >= 4 is 21.8 Å². The first-order valence-corrected chi connectivity index (χ1v) is 11.7. The Morgan fingerprint density at radius 1 is 1.08 bits per heavy atom. The van der Waals surface area contributed by atoms with Crippen molar-refractivity contribution < 1.29 is 41.0 Å². The topological polar surface area (TPSA) is 147 Å². The van der Waals surface area contributed by atoms with E-state index in [1.165, 1.54) is 34.9 Å². The molecule has 0 aliphatic carbocycles. The van der Waals surface area contributed by atoms with Crippen LogP contribution in [-0.4, -0.2) is 64.2 Å². The number of benzene rings is 2. The monoisotopic (exact) mass is 528 g/mol. The molecule has 3 aromatic rings. The van der Waals surface area contributed by atoms with Crippen molar-refractivity contribution in [3.05, 3.63) is 60.7 Å². The number of halogens is 4. The van der Waals surface area contributed by atoms with Gasteiger partial charge in [-0.3, -0.25) is 4.98 Å². The number of rotatable bonds is 4. The highest BCUT2D eigenvalue weighted by molar-refractivity contribution is 7.89. The van der Waals surface area contributed by atoms with Gasteiger partial charge in [-0.25, -0.2) is 22.6 Å². The molecule has 1 saturated heterocycles. The molecular weight excluding hydrogens is 508 g/mol. The Labute approximate surface area is 202 Å². The molecule has 1 aromatic heterocycles. The van der Waals surface area contributed by atoms with Gasteiger partial charge < -0.3 is 15.9 Å². The number of carboxylic acid groups (broad SMARTS) is 1. The minimum atomic E-state index is -5.08. The lowest BCUT2D eigenvalue weighted by Crippen LogP contribution is -2.30. The summed E-state index contributed by atoms with van der Waals surface area (Å²) in [7, 11) is -3.82. The van der Waals surface area contributed by atoms with E-state index in [0.717, 1.165) is 0 Å². The maximum Gasteiger partial charge on any atom is 0.490 e. The first kappa shape index (κ1) is 27.0. The number of anilines is 1. The SMILES string of the molecule is Nc1cnc(-c2ccc(-c3ccccc3S(=O)(=O)N3CC[C@H](O)C3)cc2F)cn1.O=C(O)C(F)(F)F. The third-order valence-electron chi connectivity index (χ3n) is 5.10. The number of aliphatic hydroxyl groups excluding tert-OH is 1. The lowest BCUT2D eigenvalue weighted by molar-refractivity contribution is -0.192. The number of aliphatic carboxylic acids is 1. The second-order valence-corrected chi connectivity index (χ2v) is 9.53. The zero-order valence-corrected chi connectivity index (χ0v) is 19.2. The number of hydrogen-bond donors (Lipinski definition) is 3. The van der Waals surface area contributed by atoms with Crippen molar-refractivity contribution in [2.45, 2.75) is 23.6 Å². The Morgan fingerprint density at radius 2 is 1.75 bits per heavy atom. The summed E-state index contributed by atoms with van der Waals surface area (Å²) in [6, 6.07) is 10.9. The van der Waals surface area contributed by atoms with Crippen LogP contribution >= 0.6 is 0 Å². The zero-order chi connectivity index (χ0) is 26.7. The molecule has 9 nitrogen and oxygen atoms in total. The fourth-order valence-electron chi connectivity index (χ4n) is 3.37. The van der Waals surface area contributed by atoms with Crippen LogP contribution in [0.5, 0.6) is 0 Å². The lowest BCUT2D eigenvalue weighted by atomic mass is 10.0. The van der Waals surface area contributed by atoms with Crippen LogP contribution in [0.25, 0.3) is 22.4 Å². The highest BCUT2D eigenvalue weighted by Crippen LogP contribution is 2.33. The van der Waals surface area contributed by atoms with Gasteiger partial charge in [-0.1, -0.05) is 24.3 Å². The van der Waals surface area contributed by atoms with Gasteiger partial charge in [0.15, 0.2) is 0 Å². The van der Waals surface area contributed by atoms with Crippen molar-refractivity contribution in [3.63, 3.8) is 0 Å². The van der Waals surface area contributed by atoms with E-state index in [9.17, 15) is 31.1 Å². The maximum absolute atomic E-state index is 14.8. The predicted molar refractivity (Wildman–Crippen MR) is 120 cm³/mol. The largest absolute Gasteiger partial charge is 0.490 e. The molecule has 1 aliphatic heterocycles. The van der Waals surface area contributed by atoms with Crippen LogP contribution in [-0.2, 0) is 14.8 Å². The number of hydrogen-bond acceptors (Lipinski definition) is 7. The Bertz CT molecular complexity index is 1350. The highest BCUT2D eigenvalue weighted by atomic mass is 32.2. The van der Waals surface area contributed by atoms with E-state index in [1.54, 1.807) is 24.3 Å². The average Bonchev–Trinajstić information content (AvgIpc) is 3.27. The molecule has 0 saturated carbocycles. The number of sulfonamides is 1. The number of carbonyl (C=O) groups is 1. The van der Waals surface area contributed by atoms with Crippen molar-refractivity contribution in [2.75, 3.05) is 18.8 Å². The number of nitrogens with two attached hydrogens (primary N) is 1. The number of aromatic nitrogens is 2. The average molecular weight is 528 g/mol. The molecule has 14 heteroatoms. The molecule has 1 atom stereocenters. The van der Waals surface area contributed by atoms with Crippen LogP contribution in [0.2, 0.25) is 0 Å². The summed E-state index contributed by atoms with van der Waals surface area (Å²) >= 11 is 0. The van der Waals surface area contributed by atoms with E-state index in [-0.39, 0.29) is 29.4 Å². The van der Waals surface area contributed by atoms with E-state index < -0.39 is 34.1 Å². The summed E-state index contributed by atoms with van der Waals surface area (Å²) in [6.45, 7) is 0.306. The minimum Gasteiger partial charge on any atom is -0.475 e. The normalized spacial score (nSPS) is 16.3. The maximum atomic E-state index is 14.8. The van der Waals surface area contributed by atoms with Gasteiger partial charge in [0.25, 0.3) is 0 Å². The van der Waals surface area contributed by atoms with Crippen LogP contribution < -0.4 is 5.73 Å².